The van der Waals surface area contributed by atoms with Crippen molar-refractivity contribution in [3.05, 3.63) is 71.8 Å². The van der Waals surface area contributed by atoms with Gasteiger partial charge < -0.3 is 28.8 Å². The average molecular weight is 414 g/mol. The molecule has 0 unspecified atom stereocenters. The van der Waals surface area contributed by atoms with E-state index in [1.54, 1.807) is 24.3 Å². The quantitative estimate of drug-likeness (QED) is 0.135. The first-order valence-electron chi connectivity index (χ1n) is 9.47. The van der Waals surface area contributed by atoms with Gasteiger partial charge in [-0.15, -0.1) is 0 Å². The monoisotopic (exact) mass is 414 g/mol. The summed E-state index contributed by atoms with van der Waals surface area (Å²) >= 11 is 0. The summed E-state index contributed by atoms with van der Waals surface area (Å²) in [6.45, 7) is 7.77. The Morgan fingerprint density at radius 2 is 1.63 bits per heavy atom. The predicted molar refractivity (Wildman–Crippen MR) is 111 cm³/mol. The summed E-state index contributed by atoms with van der Waals surface area (Å²) in [6.07, 6.45) is 0.360. The van der Waals surface area contributed by atoms with Gasteiger partial charge in [-0.1, -0.05) is 17.7 Å². The van der Waals surface area contributed by atoms with E-state index in [9.17, 15) is 4.79 Å². The highest BCUT2D eigenvalue weighted by atomic mass is 16.7. The highest BCUT2D eigenvalue weighted by molar-refractivity contribution is 5.63. The van der Waals surface area contributed by atoms with E-state index in [4.69, 9.17) is 28.8 Å². The number of benzene rings is 2. The summed E-state index contributed by atoms with van der Waals surface area (Å²) in [6, 6.07) is 12.5. The van der Waals surface area contributed by atoms with Crippen LogP contribution in [0.1, 0.15) is 24.0 Å². The number of aliphatic hydroxyl groups is 1. The molecule has 0 fully saturated rings. The second kappa shape index (κ2) is 12.1. The van der Waals surface area contributed by atoms with Crippen LogP contribution in [-0.2, 0) is 9.47 Å². The smallest absolute Gasteiger partial charge is 0.475 e. The largest absolute Gasteiger partial charge is 0.513 e. The van der Waals surface area contributed by atoms with Gasteiger partial charge in [-0.2, -0.15) is 0 Å². The molecule has 0 atom stereocenters. The van der Waals surface area contributed by atoms with Crippen LogP contribution in [0.2, 0.25) is 0 Å². The van der Waals surface area contributed by atoms with Crippen molar-refractivity contribution in [3.63, 3.8) is 0 Å². The fraction of sp³-hybridized carbons (Fsp3) is 0.304. The zero-order valence-corrected chi connectivity index (χ0v) is 17.2. The molecule has 0 radical (unpaired) electrons. The van der Waals surface area contributed by atoms with Crippen LogP contribution in [0.3, 0.4) is 0 Å². The lowest BCUT2D eigenvalue weighted by molar-refractivity contribution is 0.0781. The Morgan fingerprint density at radius 3 is 2.30 bits per heavy atom. The highest BCUT2D eigenvalue weighted by Crippen LogP contribution is 2.21. The Labute approximate surface area is 176 Å². The van der Waals surface area contributed by atoms with Crippen LogP contribution in [0.25, 0.3) is 0 Å². The normalized spacial score (nSPS) is 9.93. The molecule has 0 amide bonds. The van der Waals surface area contributed by atoms with Crippen LogP contribution in [0.4, 0.5) is 4.79 Å². The highest BCUT2D eigenvalue weighted by Gasteiger charge is 2.07. The molecule has 2 rings (SSSR count). The van der Waals surface area contributed by atoms with Gasteiger partial charge in [-0.05, 0) is 74.9 Å². The number of hydrogen-bond donors (Lipinski definition) is 1. The third-order valence-corrected chi connectivity index (χ3v) is 3.94. The first-order chi connectivity index (χ1) is 14.5. The number of carbonyl (C=O) groups excluding carboxylic acids is 1. The molecular weight excluding hydrogens is 388 g/mol. The van der Waals surface area contributed by atoms with Crippen LogP contribution in [-0.4, -0.2) is 31.3 Å². The number of rotatable bonds is 11. The molecule has 0 aliphatic rings. The number of unbranched alkanes of at least 4 members (excludes halogenated alkanes) is 1. The van der Waals surface area contributed by atoms with Crippen molar-refractivity contribution in [2.45, 2.75) is 26.7 Å². The maximum absolute atomic E-state index is 11.7. The average Bonchev–Trinajstić information content (AvgIpc) is 2.73. The molecule has 0 saturated carbocycles. The Balaban J connectivity index is 1.65. The van der Waals surface area contributed by atoms with E-state index in [1.165, 1.54) is 5.56 Å². The number of hydrogen-bond acceptors (Lipinski definition) is 7. The number of carbonyl (C=O) groups is 1. The van der Waals surface area contributed by atoms with E-state index >= 15 is 0 Å². The summed E-state index contributed by atoms with van der Waals surface area (Å²) in [4.78, 5) is 11.7. The van der Waals surface area contributed by atoms with E-state index in [-0.39, 0.29) is 26.0 Å². The molecule has 0 aromatic heterocycles. The van der Waals surface area contributed by atoms with Gasteiger partial charge in [0.2, 0.25) is 6.79 Å². The first kappa shape index (κ1) is 22.7. The van der Waals surface area contributed by atoms with E-state index < -0.39 is 6.16 Å². The topological polar surface area (TPSA) is 83.5 Å². The van der Waals surface area contributed by atoms with Crippen LogP contribution in [0.5, 0.6) is 17.2 Å². The second-order valence-electron chi connectivity index (χ2n) is 6.38. The molecule has 1 N–H and O–H groups in total. The van der Waals surface area contributed by atoms with Crippen LogP contribution in [0, 0.1) is 13.8 Å². The minimum absolute atomic E-state index is 0.0657. The van der Waals surface area contributed by atoms with Crippen molar-refractivity contribution >= 4 is 6.16 Å². The molecule has 0 bridgehead atoms. The molecule has 0 spiro atoms. The molecule has 0 aliphatic carbocycles. The van der Waals surface area contributed by atoms with Gasteiger partial charge >= 0.3 is 12.1 Å². The summed E-state index contributed by atoms with van der Waals surface area (Å²) < 4.78 is 26.1. The van der Waals surface area contributed by atoms with Crippen molar-refractivity contribution < 1.29 is 33.6 Å². The van der Waals surface area contributed by atoms with Gasteiger partial charge in [-0.25, -0.2) is 4.79 Å². The Morgan fingerprint density at radius 1 is 0.967 bits per heavy atom. The lowest BCUT2D eigenvalue weighted by atomic mass is 10.1. The fourth-order valence-electron chi connectivity index (χ4n) is 2.43. The SMILES string of the molecule is C=C=C(O)OCCCCOC(=O)Oc1ccc(OCOc2ccc(C)cc2C)cc1. The second-order valence-corrected chi connectivity index (χ2v) is 6.38. The lowest BCUT2D eigenvalue weighted by Crippen LogP contribution is -2.12. The third-order valence-electron chi connectivity index (χ3n) is 3.94. The summed E-state index contributed by atoms with van der Waals surface area (Å²) in [5.74, 6) is 1.34. The molecule has 0 heterocycles. The lowest BCUT2D eigenvalue weighted by Gasteiger charge is -2.11. The van der Waals surface area contributed by atoms with Crippen LogP contribution in [0.15, 0.2) is 60.7 Å². The van der Waals surface area contributed by atoms with Crippen LogP contribution >= 0.6 is 0 Å². The third kappa shape index (κ3) is 8.20. The van der Waals surface area contributed by atoms with E-state index in [0.29, 0.717) is 24.3 Å². The minimum atomic E-state index is -0.795. The number of aliphatic hydroxyl groups excluding tert-OH is 1. The van der Waals surface area contributed by atoms with Crippen molar-refractivity contribution in [1.82, 2.24) is 0 Å². The van der Waals surface area contributed by atoms with E-state index in [0.717, 1.165) is 11.3 Å². The summed E-state index contributed by atoms with van der Waals surface area (Å²) in [5.41, 5.74) is 4.42. The van der Waals surface area contributed by atoms with Crippen molar-refractivity contribution in [2.75, 3.05) is 20.0 Å². The molecule has 2 aromatic rings. The Hall–Kier alpha value is -3.57. The van der Waals surface area contributed by atoms with Gasteiger partial charge in [0, 0.05) is 0 Å². The van der Waals surface area contributed by atoms with Crippen molar-refractivity contribution in [2.24, 2.45) is 0 Å². The number of aryl methyl sites for hydroxylation is 2. The minimum Gasteiger partial charge on any atom is -0.475 e. The van der Waals surface area contributed by atoms with E-state index in [2.05, 4.69) is 12.3 Å². The van der Waals surface area contributed by atoms with E-state index in [1.807, 2.05) is 32.0 Å². The van der Waals surface area contributed by atoms with Crippen molar-refractivity contribution in [1.29, 1.82) is 0 Å². The molecular formula is C23H26O7. The maximum Gasteiger partial charge on any atom is 0.513 e. The Bertz CT molecular complexity index is 868. The molecule has 7 heteroatoms. The predicted octanol–water partition coefficient (Wildman–Crippen LogP) is 5.22. The molecule has 30 heavy (non-hydrogen) atoms. The first-order valence-corrected chi connectivity index (χ1v) is 9.47. The fourth-order valence-corrected chi connectivity index (χ4v) is 2.43. The summed E-state index contributed by atoms with van der Waals surface area (Å²) in [7, 11) is 0. The van der Waals surface area contributed by atoms with Gasteiger partial charge in [0.05, 0.1) is 13.2 Å². The Kier molecular flexibility index (Phi) is 9.16. The van der Waals surface area contributed by atoms with Gasteiger partial charge in [0.25, 0.3) is 0 Å². The van der Waals surface area contributed by atoms with Gasteiger partial charge in [-0.3, -0.25) is 0 Å². The maximum atomic E-state index is 11.7. The molecule has 7 nitrogen and oxygen atoms in total. The zero-order valence-electron chi connectivity index (χ0n) is 17.2. The molecule has 0 aliphatic heterocycles. The number of ether oxygens (including phenoxy) is 5. The van der Waals surface area contributed by atoms with Gasteiger partial charge in [0.15, 0.2) is 0 Å². The molecule has 160 valence electrons. The molecule has 2 aromatic carbocycles. The van der Waals surface area contributed by atoms with Crippen molar-refractivity contribution in [3.8, 4) is 17.2 Å². The van der Waals surface area contributed by atoms with Crippen LogP contribution < -0.4 is 14.2 Å². The zero-order chi connectivity index (χ0) is 21.8. The standard InChI is InChI=1S/C23H26O7/c1-4-22(24)26-13-5-6-14-27-23(25)30-20-10-8-19(9-11-20)28-16-29-21-12-7-17(2)15-18(21)3/h7-12,15,24H,1,5-6,13-14,16H2,2-3H3. The van der Waals surface area contributed by atoms with Gasteiger partial charge in [0.1, 0.15) is 17.2 Å². The molecule has 0 saturated heterocycles. The summed E-state index contributed by atoms with van der Waals surface area (Å²) in [5, 5.41) is 9.01.